The number of hydrogen-bond donors (Lipinski definition) is 1. The first kappa shape index (κ1) is 17.9. The summed E-state index contributed by atoms with van der Waals surface area (Å²) in [6, 6.07) is 5.11. The minimum Gasteiger partial charge on any atom is -0.301 e. The second-order valence-electron chi connectivity index (χ2n) is 6.39. The predicted molar refractivity (Wildman–Crippen MR) is 91.5 cm³/mol. The van der Waals surface area contributed by atoms with E-state index in [9.17, 15) is 18.0 Å². The van der Waals surface area contributed by atoms with Crippen LogP contribution in [0.15, 0.2) is 35.8 Å². The van der Waals surface area contributed by atoms with Gasteiger partial charge in [0.2, 0.25) is 5.91 Å². The number of aromatic nitrogens is 1. The molecule has 0 aliphatic heterocycles. The van der Waals surface area contributed by atoms with Crippen molar-refractivity contribution < 1.29 is 18.0 Å². The normalized spacial score (nSPS) is 16.8. The average molecular weight is 368 g/mol. The van der Waals surface area contributed by atoms with Gasteiger partial charge in [0.25, 0.3) is 0 Å². The lowest BCUT2D eigenvalue weighted by Gasteiger charge is -2.21. The molecular weight excluding hydrogens is 349 g/mol. The molecule has 134 valence electrons. The highest BCUT2D eigenvalue weighted by Gasteiger charge is 2.33. The second-order valence-corrected chi connectivity index (χ2v) is 7.28. The first-order chi connectivity index (χ1) is 11.9. The molecule has 0 spiro atoms. The number of alkyl halides is 3. The van der Waals surface area contributed by atoms with Gasteiger partial charge in [0.05, 0.1) is 11.5 Å². The van der Waals surface area contributed by atoms with Crippen molar-refractivity contribution in [2.45, 2.75) is 44.2 Å². The molecule has 1 N–H and O–H groups in total. The largest absolute Gasteiger partial charge is 0.416 e. The number of carbonyl (C=O) groups is 1. The van der Waals surface area contributed by atoms with E-state index in [2.05, 4.69) is 10.3 Å². The molecule has 3 nitrogen and oxygen atoms in total. The first-order valence-electron chi connectivity index (χ1n) is 8.31. The quantitative estimate of drug-likeness (QED) is 0.761. The van der Waals surface area contributed by atoms with E-state index in [1.165, 1.54) is 17.4 Å². The predicted octanol–water partition coefficient (Wildman–Crippen LogP) is 5.46. The van der Waals surface area contributed by atoms with E-state index in [1.54, 1.807) is 17.6 Å². The van der Waals surface area contributed by atoms with E-state index < -0.39 is 17.7 Å². The molecule has 1 unspecified atom stereocenters. The number of carbonyl (C=O) groups excluding carboxylic acids is 1. The number of nitrogens with one attached hydrogen (secondary N) is 1. The Labute approximate surface area is 148 Å². The van der Waals surface area contributed by atoms with Gasteiger partial charge in [0.1, 0.15) is 0 Å². The Bertz CT molecular complexity index is 709. The standard InChI is InChI=1S/C18H19F3N2OS/c19-18(20,21)14-7-3-6-13(11-14)15(10-12-4-1-2-5-12)16(24)23-17-22-8-9-25-17/h3,6-9,11-12,15H,1-2,4-5,10H2,(H,22,23,24). The van der Waals surface area contributed by atoms with Crippen molar-refractivity contribution in [1.29, 1.82) is 0 Å². The second kappa shape index (κ2) is 7.56. The number of hydrogen-bond acceptors (Lipinski definition) is 3. The van der Waals surface area contributed by atoms with E-state index >= 15 is 0 Å². The minimum atomic E-state index is -4.42. The number of halogens is 3. The zero-order valence-electron chi connectivity index (χ0n) is 13.6. The van der Waals surface area contributed by atoms with Crippen LogP contribution in [0.1, 0.15) is 49.1 Å². The number of nitrogens with zero attached hydrogens (tertiary/aromatic N) is 1. The van der Waals surface area contributed by atoms with Gasteiger partial charge in [-0.3, -0.25) is 4.79 Å². The van der Waals surface area contributed by atoms with Crippen LogP contribution in [0, 0.1) is 5.92 Å². The highest BCUT2D eigenvalue weighted by Crippen LogP contribution is 2.37. The van der Waals surface area contributed by atoms with Crippen LogP contribution >= 0.6 is 11.3 Å². The fourth-order valence-corrected chi connectivity index (χ4v) is 3.92. The molecule has 25 heavy (non-hydrogen) atoms. The van der Waals surface area contributed by atoms with Gasteiger partial charge in [-0.05, 0) is 24.0 Å². The third-order valence-electron chi connectivity index (χ3n) is 4.64. The number of benzene rings is 1. The molecule has 1 aromatic heterocycles. The van der Waals surface area contributed by atoms with Crippen LogP contribution in [0.4, 0.5) is 18.3 Å². The van der Waals surface area contributed by atoms with E-state index in [4.69, 9.17) is 0 Å². The van der Waals surface area contributed by atoms with Gasteiger partial charge in [-0.15, -0.1) is 11.3 Å². The maximum Gasteiger partial charge on any atom is 0.416 e. The van der Waals surface area contributed by atoms with E-state index in [-0.39, 0.29) is 5.91 Å². The first-order valence-corrected chi connectivity index (χ1v) is 9.19. The molecule has 1 aliphatic carbocycles. The molecular formula is C18H19F3N2OS. The van der Waals surface area contributed by atoms with Crippen molar-refractivity contribution in [2.24, 2.45) is 5.92 Å². The van der Waals surface area contributed by atoms with E-state index in [0.717, 1.165) is 37.8 Å². The molecule has 3 rings (SSSR count). The summed E-state index contributed by atoms with van der Waals surface area (Å²) in [7, 11) is 0. The third kappa shape index (κ3) is 4.60. The highest BCUT2D eigenvalue weighted by molar-refractivity contribution is 7.13. The lowest BCUT2D eigenvalue weighted by molar-refractivity contribution is -0.137. The Morgan fingerprint density at radius 3 is 2.72 bits per heavy atom. The molecule has 0 bridgehead atoms. The number of rotatable bonds is 5. The minimum absolute atomic E-state index is 0.291. The van der Waals surface area contributed by atoms with Crippen molar-refractivity contribution in [3.05, 3.63) is 47.0 Å². The summed E-state index contributed by atoms with van der Waals surface area (Å²) in [4.78, 5) is 16.8. The summed E-state index contributed by atoms with van der Waals surface area (Å²) < 4.78 is 39.1. The maximum atomic E-state index is 13.0. The summed E-state index contributed by atoms with van der Waals surface area (Å²) in [5.41, 5.74) is -0.306. The fourth-order valence-electron chi connectivity index (χ4n) is 3.38. The molecule has 1 heterocycles. The fraction of sp³-hybridized carbons (Fsp3) is 0.444. The lowest BCUT2D eigenvalue weighted by Crippen LogP contribution is -2.23. The highest BCUT2D eigenvalue weighted by atomic mass is 32.1. The summed E-state index contributed by atoms with van der Waals surface area (Å²) in [5.74, 6) is -0.517. The Hall–Kier alpha value is -1.89. The van der Waals surface area contributed by atoms with Crippen LogP contribution in [0.25, 0.3) is 0 Å². The molecule has 1 saturated carbocycles. The van der Waals surface area contributed by atoms with E-state index in [0.29, 0.717) is 23.0 Å². The van der Waals surface area contributed by atoms with E-state index in [1.807, 2.05) is 0 Å². The van der Waals surface area contributed by atoms with Gasteiger partial charge >= 0.3 is 6.18 Å². The summed E-state index contributed by atoms with van der Waals surface area (Å²) in [5, 5.41) is 4.95. The maximum absolute atomic E-state index is 13.0. The molecule has 7 heteroatoms. The Balaban J connectivity index is 1.85. The van der Waals surface area contributed by atoms with Gasteiger partial charge in [0.15, 0.2) is 5.13 Å². The Morgan fingerprint density at radius 1 is 1.32 bits per heavy atom. The molecule has 1 fully saturated rings. The van der Waals surface area contributed by atoms with Crippen molar-refractivity contribution in [3.63, 3.8) is 0 Å². The van der Waals surface area contributed by atoms with Gasteiger partial charge < -0.3 is 5.32 Å². The van der Waals surface area contributed by atoms with Crippen molar-refractivity contribution >= 4 is 22.4 Å². The molecule has 2 aromatic rings. The molecule has 1 aliphatic rings. The SMILES string of the molecule is O=C(Nc1nccs1)C(CC1CCCC1)c1cccc(C(F)(F)F)c1. The number of anilines is 1. The molecule has 1 aromatic carbocycles. The van der Waals surface area contributed by atoms with Crippen LogP contribution in [0.5, 0.6) is 0 Å². The van der Waals surface area contributed by atoms with Crippen molar-refractivity contribution in [1.82, 2.24) is 4.98 Å². The Kier molecular flexibility index (Phi) is 5.42. The molecule has 0 saturated heterocycles. The third-order valence-corrected chi connectivity index (χ3v) is 5.33. The number of thiazole rings is 1. The monoisotopic (exact) mass is 368 g/mol. The zero-order chi connectivity index (χ0) is 17.9. The van der Waals surface area contributed by atoms with Crippen LogP contribution in [0.2, 0.25) is 0 Å². The van der Waals surface area contributed by atoms with Crippen LogP contribution in [0.3, 0.4) is 0 Å². The van der Waals surface area contributed by atoms with Crippen molar-refractivity contribution in [3.8, 4) is 0 Å². The van der Waals surface area contributed by atoms with Crippen LogP contribution in [-0.4, -0.2) is 10.9 Å². The van der Waals surface area contributed by atoms with Gasteiger partial charge in [-0.1, -0.05) is 43.9 Å². The van der Waals surface area contributed by atoms with Gasteiger partial charge in [0, 0.05) is 11.6 Å². The topological polar surface area (TPSA) is 42.0 Å². The number of amides is 1. The van der Waals surface area contributed by atoms with Crippen LogP contribution in [-0.2, 0) is 11.0 Å². The zero-order valence-corrected chi connectivity index (χ0v) is 14.4. The molecule has 1 amide bonds. The summed E-state index contributed by atoms with van der Waals surface area (Å²) >= 11 is 1.29. The molecule has 0 radical (unpaired) electrons. The summed E-state index contributed by atoms with van der Waals surface area (Å²) in [6.07, 6.45) is 2.02. The Morgan fingerprint density at radius 2 is 2.08 bits per heavy atom. The average Bonchev–Trinajstić information content (AvgIpc) is 3.25. The smallest absolute Gasteiger partial charge is 0.301 e. The van der Waals surface area contributed by atoms with Gasteiger partial charge in [-0.25, -0.2) is 4.98 Å². The summed E-state index contributed by atoms with van der Waals surface area (Å²) in [6.45, 7) is 0. The molecule has 1 atom stereocenters. The lowest BCUT2D eigenvalue weighted by atomic mass is 9.86. The van der Waals surface area contributed by atoms with Gasteiger partial charge in [-0.2, -0.15) is 13.2 Å². The van der Waals surface area contributed by atoms with Crippen LogP contribution < -0.4 is 5.32 Å². The van der Waals surface area contributed by atoms with Crippen molar-refractivity contribution in [2.75, 3.05) is 5.32 Å².